The highest BCUT2D eigenvalue weighted by Crippen LogP contribution is 2.24. The number of nitrogens with one attached hydrogen (secondary N) is 1. The van der Waals surface area contributed by atoms with E-state index in [0.29, 0.717) is 0 Å². The van der Waals surface area contributed by atoms with Gasteiger partial charge in [0.1, 0.15) is 11.4 Å². The first-order valence-electron chi connectivity index (χ1n) is 6.52. The Kier molecular flexibility index (Phi) is 4.40. The maximum absolute atomic E-state index is 11.9. The molecule has 3 rings (SSSR count). The van der Waals surface area contributed by atoms with Crippen molar-refractivity contribution in [1.29, 1.82) is 0 Å². The van der Waals surface area contributed by atoms with Crippen LogP contribution >= 0.6 is 23.5 Å². The number of hydrogen-bond acceptors (Lipinski definition) is 6. The number of carbonyl (C=O) groups excluding carboxylic acids is 2. The summed E-state index contributed by atoms with van der Waals surface area (Å²) < 4.78 is 0. The van der Waals surface area contributed by atoms with Gasteiger partial charge in [-0.05, 0) is 12.5 Å². The SMILES string of the molecule is O=C(CSc1ncnc2ccccc12)N[C@H]1CCSC1=O. The van der Waals surface area contributed by atoms with Gasteiger partial charge in [0, 0.05) is 11.1 Å². The molecule has 0 spiro atoms. The van der Waals surface area contributed by atoms with Gasteiger partial charge in [0.2, 0.25) is 11.0 Å². The van der Waals surface area contributed by atoms with E-state index < -0.39 is 0 Å². The second kappa shape index (κ2) is 6.44. The molecule has 1 N–H and O–H groups in total. The van der Waals surface area contributed by atoms with E-state index in [-0.39, 0.29) is 22.8 Å². The molecule has 21 heavy (non-hydrogen) atoms. The molecule has 0 unspecified atom stereocenters. The van der Waals surface area contributed by atoms with Gasteiger partial charge in [0.25, 0.3) is 0 Å². The van der Waals surface area contributed by atoms with Crippen molar-refractivity contribution in [3.8, 4) is 0 Å². The lowest BCUT2D eigenvalue weighted by atomic mass is 10.2. The summed E-state index contributed by atoms with van der Waals surface area (Å²) in [7, 11) is 0. The number of benzene rings is 1. The quantitative estimate of drug-likeness (QED) is 0.685. The molecule has 0 saturated carbocycles. The predicted octanol–water partition coefficient (Wildman–Crippen LogP) is 1.87. The number of rotatable bonds is 4. The molecule has 1 saturated heterocycles. The van der Waals surface area contributed by atoms with E-state index in [2.05, 4.69) is 15.3 Å². The van der Waals surface area contributed by atoms with Crippen molar-refractivity contribution in [1.82, 2.24) is 15.3 Å². The minimum atomic E-state index is -0.328. The summed E-state index contributed by atoms with van der Waals surface area (Å²) >= 11 is 2.64. The Morgan fingerprint density at radius 3 is 3.05 bits per heavy atom. The topological polar surface area (TPSA) is 72.0 Å². The van der Waals surface area contributed by atoms with E-state index in [1.54, 1.807) is 0 Å². The van der Waals surface area contributed by atoms with Crippen LogP contribution in [0.4, 0.5) is 0 Å². The minimum absolute atomic E-state index is 0.0563. The van der Waals surface area contributed by atoms with Crippen LogP contribution in [0, 0.1) is 0 Å². The highest BCUT2D eigenvalue weighted by molar-refractivity contribution is 8.14. The lowest BCUT2D eigenvalue weighted by Crippen LogP contribution is -2.38. The average molecular weight is 319 g/mol. The molecule has 1 atom stereocenters. The van der Waals surface area contributed by atoms with Crippen molar-refractivity contribution in [3.05, 3.63) is 30.6 Å². The molecule has 108 valence electrons. The van der Waals surface area contributed by atoms with Gasteiger partial charge < -0.3 is 5.32 Å². The summed E-state index contributed by atoms with van der Waals surface area (Å²) in [5.74, 6) is 0.895. The Morgan fingerprint density at radius 1 is 1.38 bits per heavy atom. The summed E-state index contributed by atoms with van der Waals surface area (Å²) in [5, 5.41) is 4.55. The first-order chi connectivity index (χ1) is 10.2. The molecule has 1 fully saturated rings. The highest BCUT2D eigenvalue weighted by atomic mass is 32.2. The third-order valence-electron chi connectivity index (χ3n) is 3.12. The minimum Gasteiger partial charge on any atom is -0.345 e. The summed E-state index contributed by atoms with van der Waals surface area (Å²) in [6.45, 7) is 0. The molecule has 7 heteroatoms. The Bertz CT molecular complexity index is 687. The zero-order valence-electron chi connectivity index (χ0n) is 11.1. The molecular formula is C14H13N3O2S2. The van der Waals surface area contributed by atoms with Gasteiger partial charge in [0.05, 0.1) is 17.3 Å². The smallest absolute Gasteiger partial charge is 0.231 e. The van der Waals surface area contributed by atoms with Crippen molar-refractivity contribution < 1.29 is 9.59 Å². The van der Waals surface area contributed by atoms with Gasteiger partial charge in [-0.2, -0.15) is 0 Å². The number of para-hydroxylation sites is 1. The number of thioether (sulfide) groups is 2. The number of carbonyl (C=O) groups is 2. The van der Waals surface area contributed by atoms with Crippen molar-refractivity contribution in [2.75, 3.05) is 11.5 Å². The number of aromatic nitrogens is 2. The van der Waals surface area contributed by atoms with E-state index >= 15 is 0 Å². The fourth-order valence-corrected chi connectivity index (χ4v) is 3.83. The Labute approximate surface area is 130 Å². The fourth-order valence-electron chi connectivity index (χ4n) is 2.09. The maximum Gasteiger partial charge on any atom is 0.231 e. The second-order valence-corrected chi connectivity index (χ2v) is 6.62. The Morgan fingerprint density at radius 2 is 2.24 bits per heavy atom. The molecule has 1 aromatic heterocycles. The monoisotopic (exact) mass is 319 g/mol. The molecular weight excluding hydrogens is 306 g/mol. The van der Waals surface area contributed by atoms with Crippen molar-refractivity contribution in [3.63, 3.8) is 0 Å². The van der Waals surface area contributed by atoms with Crippen molar-refractivity contribution >= 4 is 45.4 Å². The molecule has 1 aliphatic rings. The average Bonchev–Trinajstić information content (AvgIpc) is 2.90. The Hall–Kier alpha value is -1.60. The third-order valence-corrected chi connectivity index (χ3v) is 5.13. The molecule has 2 aromatic rings. The van der Waals surface area contributed by atoms with Gasteiger partial charge in [-0.3, -0.25) is 9.59 Å². The van der Waals surface area contributed by atoms with Crippen LogP contribution in [0.15, 0.2) is 35.6 Å². The van der Waals surface area contributed by atoms with Crippen LogP contribution < -0.4 is 5.32 Å². The number of amides is 1. The maximum atomic E-state index is 11.9. The lowest BCUT2D eigenvalue weighted by molar-refractivity contribution is -0.122. The number of fused-ring (bicyclic) bond motifs is 1. The largest absolute Gasteiger partial charge is 0.345 e. The molecule has 1 aliphatic heterocycles. The standard InChI is InChI=1S/C14H13N3O2S2/c18-12(17-11-5-6-20-14(11)19)7-21-13-9-3-1-2-4-10(9)15-8-16-13/h1-4,8,11H,5-7H2,(H,17,18)/t11-/m0/s1. The molecule has 1 aromatic carbocycles. The third kappa shape index (κ3) is 3.36. The van der Waals surface area contributed by atoms with E-state index in [1.807, 2.05) is 24.3 Å². The van der Waals surface area contributed by atoms with E-state index in [4.69, 9.17) is 0 Å². The first kappa shape index (κ1) is 14.3. The van der Waals surface area contributed by atoms with Crippen molar-refractivity contribution in [2.45, 2.75) is 17.5 Å². The van der Waals surface area contributed by atoms with Crippen LogP contribution in [0.2, 0.25) is 0 Å². The molecule has 0 bridgehead atoms. The number of hydrogen-bond donors (Lipinski definition) is 1. The van der Waals surface area contributed by atoms with Gasteiger partial charge in [0.15, 0.2) is 0 Å². The Balaban J connectivity index is 1.63. The second-order valence-electron chi connectivity index (χ2n) is 4.56. The normalized spacial score (nSPS) is 18.1. The highest BCUT2D eigenvalue weighted by Gasteiger charge is 2.26. The molecule has 5 nitrogen and oxygen atoms in total. The summed E-state index contributed by atoms with van der Waals surface area (Å²) in [6.07, 6.45) is 2.22. The van der Waals surface area contributed by atoms with Gasteiger partial charge in [-0.15, -0.1) is 0 Å². The van der Waals surface area contributed by atoms with Crippen LogP contribution in [0.1, 0.15) is 6.42 Å². The zero-order chi connectivity index (χ0) is 14.7. The van der Waals surface area contributed by atoms with Gasteiger partial charge >= 0.3 is 0 Å². The first-order valence-corrected chi connectivity index (χ1v) is 8.50. The molecule has 0 radical (unpaired) electrons. The van der Waals surface area contributed by atoms with Gasteiger partial charge in [-0.25, -0.2) is 9.97 Å². The van der Waals surface area contributed by atoms with Gasteiger partial charge in [-0.1, -0.05) is 41.7 Å². The van der Waals surface area contributed by atoms with Crippen LogP contribution in [0.25, 0.3) is 10.9 Å². The van der Waals surface area contributed by atoms with Crippen LogP contribution in [0.5, 0.6) is 0 Å². The summed E-state index contributed by atoms with van der Waals surface area (Å²) in [4.78, 5) is 31.8. The molecule has 2 heterocycles. The number of nitrogens with zero attached hydrogens (tertiary/aromatic N) is 2. The van der Waals surface area contributed by atoms with Crippen LogP contribution in [-0.4, -0.2) is 38.5 Å². The fraction of sp³-hybridized carbons (Fsp3) is 0.286. The van der Waals surface area contributed by atoms with E-state index in [9.17, 15) is 9.59 Å². The zero-order valence-corrected chi connectivity index (χ0v) is 12.7. The summed E-state index contributed by atoms with van der Waals surface area (Å²) in [5.41, 5.74) is 0.859. The lowest BCUT2D eigenvalue weighted by Gasteiger charge is -2.10. The molecule has 1 amide bonds. The van der Waals surface area contributed by atoms with Crippen LogP contribution in [0.3, 0.4) is 0 Å². The van der Waals surface area contributed by atoms with E-state index in [0.717, 1.165) is 28.1 Å². The predicted molar refractivity (Wildman–Crippen MR) is 84.3 cm³/mol. The summed E-state index contributed by atoms with van der Waals surface area (Å²) in [6, 6.07) is 7.36. The molecule has 0 aliphatic carbocycles. The van der Waals surface area contributed by atoms with E-state index in [1.165, 1.54) is 29.9 Å². The van der Waals surface area contributed by atoms with Crippen LogP contribution in [-0.2, 0) is 9.59 Å². The van der Waals surface area contributed by atoms with Crippen molar-refractivity contribution in [2.24, 2.45) is 0 Å².